The number of rotatable bonds is 3. The normalized spacial score (nSPS) is 43.8. The van der Waals surface area contributed by atoms with Crippen molar-refractivity contribution in [1.82, 2.24) is 4.90 Å². The monoisotopic (exact) mass is 240 g/mol. The number of hydrogen-bond donors (Lipinski definition) is 1. The maximum atomic E-state index is 6.09. The molecule has 1 saturated heterocycles. The first-order chi connectivity index (χ1) is 7.98. The van der Waals surface area contributed by atoms with Crippen LogP contribution >= 0.6 is 0 Å². The van der Waals surface area contributed by atoms with E-state index in [1.54, 1.807) is 0 Å². The van der Waals surface area contributed by atoms with Gasteiger partial charge in [-0.15, -0.1) is 0 Å². The van der Waals surface area contributed by atoms with E-state index in [0.29, 0.717) is 12.1 Å². The predicted octanol–water partition coefficient (Wildman–Crippen LogP) is 1.86. The van der Waals surface area contributed by atoms with E-state index >= 15 is 0 Å². The van der Waals surface area contributed by atoms with Crippen molar-refractivity contribution in [3.05, 3.63) is 0 Å². The van der Waals surface area contributed by atoms with Gasteiger partial charge in [0.25, 0.3) is 0 Å². The van der Waals surface area contributed by atoms with Crippen LogP contribution in [0, 0.1) is 11.8 Å². The Morgan fingerprint density at radius 2 is 2.00 bits per heavy atom. The van der Waals surface area contributed by atoms with Crippen molar-refractivity contribution in [2.75, 3.05) is 19.7 Å². The fourth-order valence-corrected chi connectivity index (χ4v) is 3.47. The van der Waals surface area contributed by atoms with Gasteiger partial charge >= 0.3 is 0 Å². The van der Waals surface area contributed by atoms with Crippen molar-refractivity contribution >= 4 is 0 Å². The smallest absolute Gasteiger partial charge is 0.0675 e. The summed E-state index contributed by atoms with van der Waals surface area (Å²) in [6.45, 7) is 11.8. The average molecular weight is 240 g/mol. The Morgan fingerprint density at radius 3 is 2.53 bits per heavy atom. The summed E-state index contributed by atoms with van der Waals surface area (Å²) < 4.78 is 5.72. The molecule has 2 fully saturated rings. The highest BCUT2D eigenvalue weighted by Crippen LogP contribution is 2.46. The van der Waals surface area contributed by atoms with Gasteiger partial charge in [0.15, 0.2) is 0 Å². The largest absolute Gasteiger partial charge is 0.376 e. The summed E-state index contributed by atoms with van der Waals surface area (Å²) in [4.78, 5) is 2.63. The van der Waals surface area contributed by atoms with E-state index in [0.717, 1.165) is 31.5 Å². The highest BCUT2D eigenvalue weighted by Gasteiger charge is 2.50. The zero-order valence-corrected chi connectivity index (χ0v) is 11.8. The van der Waals surface area contributed by atoms with Gasteiger partial charge in [-0.2, -0.15) is 0 Å². The molecule has 1 saturated carbocycles. The minimum absolute atomic E-state index is 0.270. The van der Waals surface area contributed by atoms with E-state index in [2.05, 4.69) is 32.6 Å². The highest BCUT2D eigenvalue weighted by atomic mass is 16.5. The molecule has 0 bridgehead atoms. The average Bonchev–Trinajstić information content (AvgIpc) is 2.22. The molecule has 0 spiro atoms. The van der Waals surface area contributed by atoms with Crippen LogP contribution in [0.4, 0.5) is 0 Å². The van der Waals surface area contributed by atoms with E-state index in [-0.39, 0.29) is 5.54 Å². The molecule has 0 aromatic rings. The summed E-state index contributed by atoms with van der Waals surface area (Å²) in [5.74, 6) is 1.66. The predicted molar refractivity (Wildman–Crippen MR) is 70.9 cm³/mol. The molecule has 2 atom stereocenters. The van der Waals surface area contributed by atoms with Crippen molar-refractivity contribution in [3.63, 3.8) is 0 Å². The Morgan fingerprint density at radius 1 is 1.35 bits per heavy atom. The van der Waals surface area contributed by atoms with Crippen molar-refractivity contribution in [3.8, 4) is 0 Å². The Labute approximate surface area is 106 Å². The first kappa shape index (κ1) is 13.3. The minimum Gasteiger partial charge on any atom is -0.376 e. The molecule has 0 aromatic carbocycles. The summed E-state index contributed by atoms with van der Waals surface area (Å²) >= 11 is 0. The van der Waals surface area contributed by atoms with E-state index in [4.69, 9.17) is 10.5 Å². The molecule has 0 radical (unpaired) electrons. The third-order valence-electron chi connectivity index (χ3n) is 4.82. The zero-order chi connectivity index (χ0) is 12.6. The van der Waals surface area contributed by atoms with Gasteiger partial charge in [0.1, 0.15) is 0 Å². The highest BCUT2D eigenvalue weighted by molar-refractivity contribution is 5.06. The maximum absolute atomic E-state index is 6.09. The van der Waals surface area contributed by atoms with Crippen LogP contribution in [0.25, 0.3) is 0 Å². The molecule has 2 aliphatic rings. The number of nitrogens with two attached hydrogens (primary N) is 1. The van der Waals surface area contributed by atoms with Crippen LogP contribution in [0.5, 0.6) is 0 Å². The first-order valence-electron chi connectivity index (χ1n) is 7.07. The zero-order valence-electron chi connectivity index (χ0n) is 11.8. The molecule has 1 aliphatic heterocycles. The van der Waals surface area contributed by atoms with E-state index < -0.39 is 0 Å². The molecule has 17 heavy (non-hydrogen) atoms. The van der Waals surface area contributed by atoms with Crippen molar-refractivity contribution in [2.24, 2.45) is 17.6 Å². The Balaban J connectivity index is 2.03. The molecule has 0 aromatic heterocycles. The standard InChI is InChI=1S/C14H28N2O/c1-10(2)13-5-14(6-13,9-15)16-7-12(4)17-8-11(16)3/h10-13H,5-9,15H2,1-4H3. The van der Waals surface area contributed by atoms with E-state index in [9.17, 15) is 0 Å². The number of nitrogens with zero attached hydrogens (tertiary/aromatic N) is 1. The fourth-order valence-electron chi connectivity index (χ4n) is 3.47. The Hall–Kier alpha value is -0.120. The van der Waals surface area contributed by atoms with Gasteiger partial charge in [-0.3, -0.25) is 4.90 Å². The van der Waals surface area contributed by atoms with Gasteiger partial charge < -0.3 is 10.5 Å². The van der Waals surface area contributed by atoms with Crippen LogP contribution < -0.4 is 5.73 Å². The van der Waals surface area contributed by atoms with Crippen molar-refractivity contribution in [2.45, 2.75) is 58.2 Å². The van der Waals surface area contributed by atoms with E-state index in [1.165, 1.54) is 12.8 Å². The lowest BCUT2D eigenvalue weighted by Crippen LogP contribution is -2.68. The fraction of sp³-hybridized carbons (Fsp3) is 1.00. The molecule has 1 aliphatic carbocycles. The minimum atomic E-state index is 0.270. The number of morpholine rings is 1. The van der Waals surface area contributed by atoms with Crippen LogP contribution in [0.3, 0.4) is 0 Å². The quantitative estimate of drug-likeness (QED) is 0.818. The van der Waals surface area contributed by atoms with Gasteiger partial charge in [0.2, 0.25) is 0 Å². The van der Waals surface area contributed by atoms with E-state index in [1.807, 2.05) is 0 Å². The van der Waals surface area contributed by atoms with Gasteiger partial charge in [-0.05, 0) is 38.5 Å². The van der Waals surface area contributed by atoms with Gasteiger partial charge in [-0.1, -0.05) is 13.8 Å². The lowest BCUT2D eigenvalue weighted by molar-refractivity contribution is -0.133. The molecule has 2 unspecified atom stereocenters. The molecule has 2 N–H and O–H groups in total. The molecule has 0 amide bonds. The van der Waals surface area contributed by atoms with Crippen LogP contribution in [0.2, 0.25) is 0 Å². The van der Waals surface area contributed by atoms with Crippen LogP contribution in [-0.4, -0.2) is 42.3 Å². The van der Waals surface area contributed by atoms with Gasteiger partial charge in [-0.25, -0.2) is 0 Å². The Bertz CT molecular complexity index is 261. The van der Waals surface area contributed by atoms with Crippen LogP contribution in [-0.2, 0) is 4.74 Å². The lowest BCUT2D eigenvalue weighted by atomic mass is 9.62. The number of ether oxygens (including phenoxy) is 1. The lowest BCUT2D eigenvalue weighted by Gasteiger charge is -2.58. The molecular weight excluding hydrogens is 212 g/mol. The summed E-state index contributed by atoms with van der Waals surface area (Å²) in [6.07, 6.45) is 2.91. The Kier molecular flexibility index (Phi) is 3.81. The second-order valence-corrected chi connectivity index (χ2v) is 6.49. The molecule has 2 rings (SSSR count). The van der Waals surface area contributed by atoms with Gasteiger partial charge in [0, 0.05) is 24.7 Å². The van der Waals surface area contributed by atoms with Crippen LogP contribution in [0.1, 0.15) is 40.5 Å². The van der Waals surface area contributed by atoms with Gasteiger partial charge in [0.05, 0.1) is 12.7 Å². The number of hydrogen-bond acceptors (Lipinski definition) is 3. The third-order valence-corrected chi connectivity index (χ3v) is 4.82. The second-order valence-electron chi connectivity index (χ2n) is 6.49. The summed E-state index contributed by atoms with van der Waals surface area (Å²) in [6, 6.07) is 0.517. The van der Waals surface area contributed by atoms with Crippen LogP contribution in [0.15, 0.2) is 0 Å². The maximum Gasteiger partial charge on any atom is 0.0675 e. The third kappa shape index (κ3) is 2.38. The summed E-state index contributed by atoms with van der Waals surface area (Å²) in [7, 11) is 0. The first-order valence-corrected chi connectivity index (χ1v) is 7.07. The van der Waals surface area contributed by atoms with Crippen molar-refractivity contribution < 1.29 is 4.74 Å². The molecule has 1 heterocycles. The second kappa shape index (κ2) is 4.87. The molecule has 3 heteroatoms. The SMILES string of the molecule is CC1CN(C2(CN)CC(C(C)C)C2)C(C)CO1. The summed E-state index contributed by atoms with van der Waals surface area (Å²) in [5.41, 5.74) is 6.36. The summed E-state index contributed by atoms with van der Waals surface area (Å²) in [5, 5.41) is 0. The van der Waals surface area contributed by atoms with Crippen molar-refractivity contribution in [1.29, 1.82) is 0 Å². The molecule has 3 nitrogen and oxygen atoms in total. The molecular formula is C14H28N2O. The topological polar surface area (TPSA) is 38.5 Å². The molecule has 100 valence electrons.